The van der Waals surface area contributed by atoms with Crippen LogP contribution in [0.25, 0.3) is 0 Å². The highest BCUT2D eigenvalue weighted by Crippen LogP contribution is 2.26. The summed E-state index contributed by atoms with van der Waals surface area (Å²) in [6, 6.07) is 12.8. The van der Waals surface area contributed by atoms with Crippen molar-refractivity contribution >= 4 is 35.3 Å². The van der Waals surface area contributed by atoms with Gasteiger partial charge in [-0.1, -0.05) is 67.4 Å². The van der Waals surface area contributed by atoms with E-state index in [1.54, 1.807) is 18.2 Å². The molecule has 4 nitrogen and oxygen atoms in total. The standard InChI is InChI=1S/C18H18Cl2N2O2/c1-12(2)14-7-3-4-9-16(14)24-11-17(23)22-21-10-13-6-5-8-15(19)18(13)20/h3-10,12H,11H2,1-2H3,(H,22,23). The van der Waals surface area contributed by atoms with Crippen molar-refractivity contribution in [3.05, 3.63) is 63.6 Å². The number of nitrogens with zero attached hydrogens (tertiary/aromatic N) is 1. The number of hydrogen-bond acceptors (Lipinski definition) is 3. The molecule has 0 spiro atoms. The Morgan fingerprint density at radius 3 is 2.71 bits per heavy atom. The van der Waals surface area contributed by atoms with Gasteiger partial charge in [-0.2, -0.15) is 5.10 Å². The van der Waals surface area contributed by atoms with Crippen LogP contribution in [0, 0.1) is 0 Å². The second-order valence-corrected chi connectivity index (χ2v) is 6.20. The average Bonchev–Trinajstić information content (AvgIpc) is 2.57. The predicted molar refractivity (Wildman–Crippen MR) is 98.2 cm³/mol. The van der Waals surface area contributed by atoms with Crippen LogP contribution in [-0.2, 0) is 4.79 Å². The molecule has 0 bridgehead atoms. The molecule has 0 atom stereocenters. The molecule has 0 aliphatic carbocycles. The third-order valence-electron chi connectivity index (χ3n) is 3.27. The molecule has 126 valence electrons. The minimum Gasteiger partial charge on any atom is -0.483 e. The second kappa shape index (κ2) is 8.71. The number of rotatable bonds is 6. The monoisotopic (exact) mass is 364 g/mol. The van der Waals surface area contributed by atoms with Gasteiger partial charge in [0.2, 0.25) is 0 Å². The van der Waals surface area contributed by atoms with Gasteiger partial charge in [-0.25, -0.2) is 5.43 Å². The molecule has 0 unspecified atom stereocenters. The maximum absolute atomic E-state index is 11.8. The number of benzene rings is 2. The molecule has 1 N–H and O–H groups in total. The molecule has 0 aromatic heterocycles. The maximum atomic E-state index is 11.8. The number of amides is 1. The number of hydrazone groups is 1. The highest BCUT2D eigenvalue weighted by atomic mass is 35.5. The lowest BCUT2D eigenvalue weighted by Crippen LogP contribution is -2.24. The normalized spacial score (nSPS) is 11.0. The van der Waals surface area contributed by atoms with E-state index in [0.717, 1.165) is 5.56 Å². The zero-order chi connectivity index (χ0) is 17.5. The van der Waals surface area contributed by atoms with Crippen molar-refractivity contribution in [1.82, 2.24) is 5.43 Å². The summed E-state index contributed by atoms with van der Waals surface area (Å²) in [4.78, 5) is 11.8. The Balaban J connectivity index is 1.90. The molecule has 0 aliphatic rings. The Morgan fingerprint density at radius 2 is 1.96 bits per heavy atom. The second-order valence-electron chi connectivity index (χ2n) is 5.42. The Bertz CT molecular complexity index is 746. The van der Waals surface area contributed by atoms with Crippen LogP contribution in [0.15, 0.2) is 47.6 Å². The molecular weight excluding hydrogens is 347 g/mol. The molecule has 0 heterocycles. The molecule has 24 heavy (non-hydrogen) atoms. The molecule has 2 aromatic rings. The van der Waals surface area contributed by atoms with Gasteiger partial charge in [0.05, 0.1) is 16.3 Å². The number of nitrogens with one attached hydrogen (secondary N) is 1. The molecule has 1 amide bonds. The van der Waals surface area contributed by atoms with E-state index in [1.807, 2.05) is 24.3 Å². The number of para-hydroxylation sites is 1. The van der Waals surface area contributed by atoms with Gasteiger partial charge in [-0.3, -0.25) is 4.79 Å². The molecule has 2 rings (SSSR count). The van der Waals surface area contributed by atoms with Crippen LogP contribution in [-0.4, -0.2) is 18.7 Å². The van der Waals surface area contributed by atoms with E-state index in [4.69, 9.17) is 27.9 Å². The van der Waals surface area contributed by atoms with E-state index >= 15 is 0 Å². The number of halogens is 2. The SMILES string of the molecule is CC(C)c1ccccc1OCC(=O)NN=Cc1cccc(Cl)c1Cl. The Labute approximate surface area is 151 Å². The first-order valence-electron chi connectivity index (χ1n) is 7.46. The highest BCUT2D eigenvalue weighted by Gasteiger charge is 2.09. The molecule has 6 heteroatoms. The van der Waals surface area contributed by atoms with E-state index in [9.17, 15) is 4.79 Å². The fourth-order valence-corrected chi connectivity index (χ4v) is 2.42. The maximum Gasteiger partial charge on any atom is 0.277 e. The first kappa shape index (κ1) is 18.3. The van der Waals surface area contributed by atoms with E-state index < -0.39 is 0 Å². The Kier molecular flexibility index (Phi) is 6.64. The third kappa shape index (κ3) is 4.98. The fraction of sp³-hybridized carbons (Fsp3) is 0.222. The van der Waals surface area contributed by atoms with Gasteiger partial charge >= 0.3 is 0 Å². The lowest BCUT2D eigenvalue weighted by molar-refractivity contribution is -0.123. The Hall–Kier alpha value is -2.04. The molecule has 0 radical (unpaired) electrons. The van der Waals surface area contributed by atoms with Crippen molar-refractivity contribution in [1.29, 1.82) is 0 Å². The largest absolute Gasteiger partial charge is 0.483 e. The third-order valence-corrected chi connectivity index (χ3v) is 4.11. The van der Waals surface area contributed by atoms with Crippen molar-refractivity contribution < 1.29 is 9.53 Å². The summed E-state index contributed by atoms with van der Waals surface area (Å²) in [5.41, 5.74) is 4.08. The van der Waals surface area contributed by atoms with Crippen LogP contribution in [0.3, 0.4) is 0 Å². The van der Waals surface area contributed by atoms with Crippen molar-refractivity contribution in [2.75, 3.05) is 6.61 Å². The van der Waals surface area contributed by atoms with Crippen molar-refractivity contribution in [3.63, 3.8) is 0 Å². The van der Waals surface area contributed by atoms with Crippen molar-refractivity contribution in [3.8, 4) is 5.75 Å². The van der Waals surface area contributed by atoms with Crippen molar-refractivity contribution in [2.24, 2.45) is 5.10 Å². The molecule has 0 saturated heterocycles. The van der Waals surface area contributed by atoms with E-state index in [-0.39, 0.29) is 12.5 Å². The zero-order valence-electron chi connectivity index (χ0n) is 13.4. The summed E-state index contributed by atoms with van der Waals surface area (Å²) in [5.74, 6) is 0.653. The van der Waals surface area contributed by atoms with Gasteiger partial charge in [0.15, 0.2) is 6.61 Å². The summed E-state index contributed by atoms with van der Waals surface area (Å²) < 4.78 is 5.57. The van der Waals surface area contributed by atoms with Crippen LogP contribution in [0.1, 0.15) is 30.9 Å². The molecule has 0 aliphatic heterocycles. The number of hydrogen-bond donors (Lipinski definition) is 1. The molecule has 2 aromatic carbocycles. The predicted octanol–water partition coefficient (Wildman–Crippen LogP) is 4.65. The summed E-state index contributed by atoms with van der Waals surface area (Å²) in [6.45, 7) is 4.02. The first-order valence-corrected chi connectivity index (χ1v) is 8.22. The van der Waals surface area contributed by atoms with Crippen molar-refractivity contribution in [2.45, 2.75) is 19.8 Å². The van der Waals surface area contributed by atoms with Gasteiger partial charge in [-0.15, -0.1) is 0 Å². The Morgan fingerprint density at radius 1 is 1.21 bits per heavy atom. The summed E-state index contributed by atoms with van der Waals surface area (Å²) in [5, 5.41) is 4.68. The minimum absolute atomic E-state index is 0.121. The van der Waals surface area contributed by atoms with E-state index in [0.29, 0.717) is 27.3 Å². The molecular formula is C18H18Cl2N2O2. The summed E-state index contributed by atoms with van der Waals surface area (Å²) in [6.07, 6.45) is 1.44. The van der Waals surface area contributed by atoms with Crippen LogP contribution < -0.4 is 10.2 Å². The van der Waals surface area contributed by atoms with Gasteiger partial charge in [0, 0.05) is 5.56 Å². The fourth-order valence-electron chi connectivity index (χ4n) is 2.06. The highest BCUT2D eigenvalue weighted by molar-refractivity contribution is 6.43. The van der Waals surface area contributed by atoms with Gasteiger partial charge in [-0.05, 0) is 23.6 Å². The molecule has 0 saturated carbocycles. The van der Waals surface area contributed by atoms with E-state index in [1.165, 1.54) is 6.21 Å². The smallest absolute Gasteiger partial charge is 0.277 e. The zero-order valence-corrected chi connectivity index (χ0v) is 14.9. The van der Waals surface area contributed by atoms with Crippen LogP contribution in [0.2, 0.25) is 10.0 Å². The number of carbonyl (C=O) groups excluding carboxylic acids is 1. The van der Waals surface area contributed by atoms with Gasteiger partial charge < -0.3 is 4.74 Å². The minimum atomic E-state index is -0.358. The quantitative estimate of drug-likeness (QED) is 0.599. The van der Waals surface area contributed by atoms with Gasteiger partial charge in [0.25, 0.3) is 5.91 Å². The first-order chi connectivity index (χ1) is 11.5. The summed E-state index contributed by atoms with van der Waals surface area (Å²) >= 11 is 11.9. The molecule has 0 fully saturated rings. The summed E-state index contributed by atoms with van der Waals surface area (Å²) in [7, 11) is 0. The van der Waals surface area contributed by atoms with Crippen LogP contribution in [0.5, 0.6) is 5.75 Å². The van der Waals surface area contributed by atoms with E-state index in [2.05, 4.69) is 24.4 Å². The lowest BCUT2D eigenvalue weighted by atomic mass is 10.0. The van der Waals surface area contributed by atoms with Gasteiger partial charge in [0.1, 0.15) is 5.75 Å². The lowest BCUT2D eigenvalue weighted by Gasteiger charge is -2.13. The topological polar surface area (TPSA) is 50.7 Å². The number of carbonyl (C=O) groups is 1. The van der Waals surface area contributed by atoms with Crippen LogP contribution in [0.4, 0.5) is 0 Å². The number of ether oxygens (including phenoxy) is 1. The van der Waals surface area contributed by atoms with Crippen LogP contribution >= 0.6 is 23.2 Å². The average molecular weight is 365 g/mol.